The Morgan fingerprint density at radius 1 is 1.03 bits per heavy atom. The molecule has 0 radical (unpaired) electrons. The lowest BCUT2D eigenvalue weighted by Crippen LogP contribution is -2.27. The monoisotopic (exact) mass is 454 g/mol. The molecule has 1 amide bonds. The van der Waals surface area contributed by atoms with E-state index in [0.29, 0.717) is 5.56 Å². The van der Waals surface area contributed by atoms with Crippen molar-refractivity contribution in [1.29, 1.82) is 0 Å². The van der Waals surface area contributed by atoms with Gasteiger partial charge in [0.05, 0.1) is 6.04 Å². The number of rotatable bonds is 5. The van der Waals surface area contributed by atoms with Gasteiger partial charge < -0.3 is 15.0 Å². The van der Waals surface area contributed by atoms with Crippen molar-refractivity contribution in [3.05, 3.63) is 100 Å². The minimum atomic E-state index is -0.0954. The van der Waals surface area contributed by atoms with Gasteiger partial charge in [0, 0.05) is 29.2 Å². The normalized spacial score (nSPS) is 12.6. The molecule has 0 fully saturated rings. The Labute approximate surface area is 202 Å². The molecule has 0 bridgehead atoms. The molecule has 2 N–H and O–H groups in total. The molecule has 0 saturated heterocycles. The van der Waals surface area contributed by atoms with Crippen molar-refractivity contribution in [2.24, 2.45) is 7.05 Å². The number of nitrogens with zero attached hydrogens (tertiary/aromatic N) is 1. The van der Waals surface area contributed by atoms with Gasteiger partial charge in [-0.3, -0.25) is 4.79 Å². The lowest BCUT2D eigenvalue weighted by atomic mass is 9.85. The first kappa shape index (κ1) is 23.6. The van der Waals surface area contributed by atoms with Crippen LogP contribution < -0.4 is 5.32 Å². The quantitative estimate of drug-likeness (QED) is 0.358. The summed E-state index contributed by atoms with van der Waals surface area (Å²) in [6.45, 7) is 10.7. The average molecular weight is 455 g/mol. The van der Waals surface area contributed by atoms with E-state index in [-0.39, 0.29) is 23.1 Å². The zero-order valence-corrected chi connectivity index (χ0v) is 20.9. The molecular formula is C30H34N2O2. The van der Waals surface area contributed by atoms with E-state index in [1.165, 1.54) is 11.1 Å². The molecule has 0 unspecified atom stereocenters. The van der Waals surface area contributed by atoms with Crippen LogP contribution in [-0.2, 0) is 18.9 Å². The van der Waals surface area contributed by atoms with Crippen LogP contribution in [0.5, 0.6) is 5.75 Å². The van der Waals surface area contributed by atoms with Gasteiger partial charge in [0.15, 0.2) is 0 Å². The van der Waals surface area contributed by atoms with Crippen LogP contribution in [0.1, 0.15) is 72.0 Å². The number of aromatic hydroxyl groups is 1. The average Bonchev–Trinajstić information content (AvgIpc) is 3.03. The summed E-state index contributed by atoms with van der Waals surface area (Å²) < 4.78 is 2.14. The van der Waals surface area contributed by atoms with Crippen molar-refractivity contribution in [2.75, 3.05) is 0 Å². The summed E-state index contributed by atoms with van der Waals surface area (Å²) in [7, 11) is 2.03. The molecule has 0 spiro atoms. The topological polar surface area (TPSA) is 54.3 Å². The third kappa shape index (κ3) is 4.72. The number of nitrogens with one attached hydrogen (secondary N) is 1. The molecule has 0 aliphatic heterocycles. The maximum absolute atomic E-state index is 13.1. The molecule has 1 aromatic heterocycles. The molecule has 4 aromatic rings. The highest BCUT2D eigenvalue weighted by molar-refractivity contribution is 5.99. The van der Waals surface area contributed by atoms with E-state index in [1.807, 2.05) is 44.3 Å². The lowest BCUT2D eigenvalue weighted by molar-refractivity contribution is 0.0940. The van der Waals surface area contributed by atoms with Crippen molar-refractivity contribution in [3.63, 3.8) is 0 Å². The van der Waals surface area contributed by atoms with Crippen LogP contribution in [-0.4, -0.2) is 15.6 Å². The molecule has 0 saturated carbocycles. The summed E-state index contributed by atoms with van der Waals surface area (Å²) in [4.78, 5) is 13.1. The van der Waals surface area contributed by atoms with Gasteiger partial charge >= 0.3 is 0 Å². The first-order valence-electron chi connectivity index (χ1n) is 11.8. The van der Waals surface area contributed by atoms with Crippen LogP contribution in [0, 0.1) is 6.92 Å². The fourth-order valence-electron chi connectivity index (χ4n) is 4.52. The van der Waals surface area contributed by atoms with E-state index in [9.17, 15) is 9.90 Å². The number of benzene rings is 3. The number of hydrogen-bond donors (Lipinski definition) is 2. The van der Waals surface area contributed by atoms with Crippen molar-refractivity contribution in [3.8, 4) is 5.75 Å². The van der Waals surface area contributed by atoms with Crippen LogP contribution in [0.25, 0.3) is 10.9 Å². The van der Waals surface area contributed by atoms with Crippen LogP contribution in [0.4, 0.5) is 0 Å². The van der Waals surface area contributed by atoms with Crippen LogP contribution in [0.15, 0.2) is 66.7 Å². The summed E-state index contributed by atoms with van der Waals surface area (Å²) in [6, 6.07) is 21.7. The number of hydrogen-bond acceptors (Lipinski definition) is 2. The zero-order chi connectivity index (χ0) is 24.6. The molecule has 4 nitrogen and oxygen atoms in total. The van der Waals surface area contributed by atoms with E-state index in [0.717, 1.165) is 34.1 Å². The number of phenolic OH excluding ortho intramolecular Hbond substituents is 1. The van der Waals surface area contributed by atoms with Crippen molar-refractivity contribution in [1.82, 2.24) is 9.88 Å². The van der Waals surface area contributed by atoms with Gasteiger partial charge in [-0.1, -0.05) is 63.2 Å². The Balaban J connectivity index is 1.59. The fraction of sp³-hybridized carbons (Fsp3) is 0.300. The molecule has 0 aliphatic carbocycles. The largest absolute Gasteiger partial charge is 0.508 e. The smallest absolute Gasteiger partial charge is 0.251 e. The van der Waals surface area contributed by atoms with Gasteiger partial charge in [-0.2, -0.15) is 0 Å². The van der Waals surface area contributed by atoms with Crippen molar-refractivity contribution >= 4 is 16.8 Å². The van der Waals surface area contributed by atoms with Crippen molar-refractivity contribution in [2.45, 2.75) is 52.5 Å². The maximum Gasteiger partial charge on any atom is 0.251 e. The Morgan fingerprint density at radius 3 is 2.47 bits per heavy atom. The van der Waals surface area contributed by atoms with Gasteiger partial charge in [-0.25, -0.2) is 0 Å². The van der Waals surface area contributed by atoms with Crippen LogP contribution in [0.2, 0.25) is 0 Å². The third-order valence-electron chi connectivity index (χ3n) is 6.78. The highest BCUT2D eigenvalue weighted by atomic mass is 16.3. The van der Waals surface area contributed by atoms with E-state index in [1.54, 1.807) is 12.1 Å². The SMILES string of the molecule is Cc1c(Cc2cccc(O)c2)c2ccc(C(=O)N[C@@H](C)c3cccc(C(C)(C)C)c3)cc2n1C. The Hall–Kier alpha value is -3.53. The second-order valence-electron chi connectivity index (χ2n) is 10.3. The van der Waals surface area contributed by atoms with E-state index < -0.39 is 0 Å². The second-order valence-corrected chi connectivity index (χ2v) is 10.3. The maximum atomic E-state index is 13.1. The zero-order valence-electron chi connectivity index (χ0n) is 20.9. The molecular weight excluding hydrogens is 420 g/mol. The Morgan fingerprint density at radius 2 is 1.76 bits per heavy atom. The highest BCUT2D eigenvalue weighted by Gasteiger charge is 2.18. The minimum Gasteiger partial charge on any atom is -0.508 e. The molecule has 4 heteroatoms. The summed E-state index contributed by atoms with van der Waals surface area (Å²) in [6.07, 6.45) is 0.726. The van der Waals surface area contributed by atoms with Gasteiger partial charge in [-0.15, -0.1) is 0 Å². The van der Waals surface area contributed by atoms with E-state index in [4.69, 9.17) is 0 Å². The molecule has 1 atom stereocenters. The van der Waals surface area contributed by atoms with E-state index >= 15 is 0 Å². The number of phenols is 1. The number of aromatic nitrogens is 1. The Kier molecular flexibility index (Phi) is 6.26. The minimum absolute atomic E-state index is 0.0609. The number of fused-ring (bicyclic) bond motifs is 1. The second kappa shape index (κ2) is 9.02. The first-order chi connectivity index (χ1) is 16.0. The van der Waals surface area contributed by atoms with Gasteiger partial charge in [0.25, 0.3) is 5.91 Å². The predicted molar refractivity (Wildman–Crippen MR) is 140 cm³/mol. The van der Waals surface area contributed by atoms with Crippen LogP contribution in [0.3, 0.4) is 0 Å². The molecule has 34 heavy (non-hydrogen) atoms. The summed E-state index contributed by atoms with van der Waals surface area (Å²) >= 11 is 0. The van der Waals surface area contributed by atoms with E-state index in [2.05, 4.69) is 61.8 Å². The van der Waals surface area contributed by atoms with Crippen molar-refractivity contribution < 1.29 is 9.90 Å². The standard InChI is InChI=1S/C30H34N2O2/c1-19(22-10-8-11-24(17-22)30(3,4)5)31-29(34)23-13-14-26-27(20(2)32(6)28(26)18-23)16-21-9-7-12-25(33)15-21/h7-15,17-19,33H,16H2,1-6H3,(H,31,34)/t19-/m0/s1. The highest BCUT2D eigenvalue weighted by Crippen LogP contribution is 2.29. The summed E-state index contributed by atoms with van der Waals surface area (Å²) in [5.74, 6) is 0.195. The van der Waals surface area contributed by atoms with Gasteiger partial charge in [0.1, 0.15) is 5.75 Å². The predicted octanol–water partition coefficient (Wildman–Crippen LogP) is 6.57. The molecule has 3 aromatic carbocycles. The first-order valence-corrected chi connectivity index (χ1v) is 11.8. The fourth-order valence-corrected chi connectivity index (χ4v) is 4.52. The third-order valence-corrected chi connectivity index (χ3v) is 6.78. The number of carbonyl (C=O) groups is 1. The molecule has 1 heterocycles. The van der Waals surface area contributed by atoms with Gasteiger partial charge in [-0.05, 0) is 72.2 Å². The summed E-state index contributed by atoms with van der Waals surface area (Å²) in [5.41, 5.74) is 7.52. The molecule has 0 aliphatic rings. The summed E-state index contributed by atoms with van der Waals surface area (Å²) in [5, 5.41) is 14.1. The number of carbonyl (C=O) groups excluding carboxylic acids is 1. The molecule has 176 valence electrons. The number of amides is 1. The number of aryl methyl sites for hydroxylation is 1. The van der Waals surface area contributed by atoms with Crippen LogP contribution >= 0.6 is 0 Å². The Bertz CT molecular complexity index is 1360. The van der Waals surface area contributed by atoms with Gasteiger partial charge in [0.2, 0.25) is 0 Å². The molecule has 4 rings (SSSR count). The lowest BCUT2D eigenvalue weighted by Gasteiger charge is -2.22.